The zero-order valence-electron chi connectivity index (χ0n) is 15.1. The molecule has 0 aliphatic rings. The molecule has 2 N–H and O–H groups in total. The Balaban J connectivity index is 1.93. The molecule has 1 heterocycles. The SMILES string of the molecule is CCNC(=NCc1cc(Cl)ccc1OC(F)F)NCCCc1nc(C)no1. The second-order valence-corrected chi connectivity index (χ2v) is 6.03. The fourth-order valence-electron chi connectivity index (χ4n) is 2.28. The molecular formula is C17H22ClF2N5O2. The molecule has 1 aromatic heterocycles. The van der Waals surface area contributed by atoms with Gasteiger partial charge in [0.1, 0.15) is 5.75 Å². The first-order valence-corrected chi connectivity index (χ1v) is 8.90. The average Bonchev–Trinajstić information content (AvgIpc) is 3.03. The molecule has 0 saturated carbocycles. The average molecular weight is 402 g/mol. The van der Waals surface area contributed by atoms with E-state index in [-0.39, 0.29) is 12.3 Å². The van der Waals surface area contributed by atoms with E-state index in [1.807, 2.05) is 6.92 Å². The summed E-state index contributed by atoms with van der Waals surface area (Å²) >= 11 is 5.95. The molecule has 0 amide bonds. The van der Waals surface area contributed by atoms with Gasteiger partial charge in [-0.15, -0.1) is 0 Å². The van der Waals surface area contributed by atoms with Gasteiger partial charge >= 0.3 is 6.61 Å². The first-order chi connectivity index (χ1) is 13.0. The van der Waals surface area contributed by atoms with E-state index >= 15 is 0 Å². The van der Waals surface area contributed by atoms with Gasteiger partial charge in [-0.3, -0.25) is 0 Å². The van der Waals surface area contributed by atoms with E-state index in [1.54, 1.807) is 13.0 Å². The van der Waals surface area contributed by atoms with Crippen LogP contribution in [0.25, 0.3) is 0 Å². The third-order valence-electron chi connectivity index (χ3n) is 3.42. The van der Waals surface area contributed by atoms with E-state index in [4.69, 9.17) is 16.1 Å². The van der Waals surface area contributed by atoms with Crippen molar-refractivity contribution in [3.8, 4) is 5.75 Å². The molecule has 10 heteroatoms. The highest BCUT2D eigenvalue weighted by Gasteiger charge is 2.10. The Morgan fingerprint density at radius 2 is 2.19 bits per heavy atom. The maximum absolute atomic E-state index is 12.5. The second kappa shape index (κ2) is 10.7. The Bertz CT molecular complexity index is 755. The summed E-state index contributed by atoms with van der Waals surface area (Å²) in [5.41, 5.74) is 0.473. The van der Waals surface area contributed by atoms with Crippen LogP contribution in [-0.4, -0.2) is 35.8 Å². The number of aryl methyl sites for hydroxylation is 2. The lowest BCUT2D eigenvalue weighted by molar-refractivity contribution is -0.0504. The summed E-state index contributed by atoms with van der Waals surface area (Å²) < 4.78 is 34.6. The zero-order valence-corrected chi connectivity index (χ0v) is 15.9. The van der Waals surface area contributed by atoms with Gasteiger partial charge in [-0.05, 0) is 38.5 Å². The molecule has 2 aromatic rings. The normalized spacial score (nSPS) is 11.7. The Morgan fingerprint density at radius 1 is 1.37 bits per heavy atom. The highest BCUT2D eigenvalue weighted by Crippen LogP contribution is 2.25. The van der Waals surface area contributed by atoms with Crippen molar-refractivity contribution in [2.24, 2.45) is 4.99 Å². The van der Waals surface area contributed by atoms with Crippen LogP contribution in [0, 0.1) is 6.92 Å². The Hall–Kier alpha value is -2.42. The molecule has 7 nitrogen and oxygen atoms in total. The maximum atomic E-state index is 12.5. The number of guanidine groups is 1. The monoisotopic (exact) mass is 401 g/mol. The number of nitrogens with zero attached hydrogens (tertiary/aromatic N) is 3. The van der Waals surface area contributed by atoms with Crippen molar-refractivity contribution in [2.75, 3.05) is 13.1 Å². The zero-order chi connectivity index (χ0) is 19.6. The molecule has 0 aliphatic heterocycles. The fourth-order valence-corrected chi connectivity index (χ4v) is 2.47. The van der Waals surface area contributed by atoms with Crippen molar-refractivity contribution in [3.63, 3.8) is 0 Å². The van der Waals surface area contributed by atoms with E-state index in [1.165, 1.54) is 12.1 Å². The van der Waals surface area contributed by atoms with Crippen LogP contribution in [0.1, 0.15) is 30.6 Å². The largest absolute Gasteiger partial charge is 0.434 e. The van der Waals surface area contributed by atoms with Crippen molar-refractivity contribution < 1.29 is 18.0 Å². The van der Waals surface area contributed by atoms with Crippen LogP contribution in [0.2, 0.25) is 5.02 Å². The highest BCUT2D eigenvalue weighted by atomic mass is 35.5. The molecule has 0 saturated heterocycles. The number of hydrogen-bond donors (Lipinski definition) is 2. The van der Waals surface area contributed by atoms with Gasteiger partial charge in [0, 0.05) is 30.1 Å². The lowest BCUT2D eigenvalue weighted by Crippen LogP contribution is -2.37. The first-order valence-electron chi connectivity index (χ1n) is 8.52. The molecule has 1 aromatic carbocycles. The van der Waals surface area contributed by atoms with Crippen LogP contribution in [0.5, 0.6) is 5.75 Å². The van der Waals surface area contributed by atoms with Crippen LogP contribution in [0.3, 0.4) is 0 Å². The van der Waals surface area contributed by atoms with Crippen LogP contribution in [0.4, 0.5) is 8.78 Å². The van der Waals surface area contributed by atoms with Crippen LogP contribution < -0.4 is 15.4 Å². The second-order valence-electron chi connectivity index (χ2n) is 5.59. The Labute approximate surface area is 161 Å². The quantitative estimate of drug-likeness (QED) is 0.381. The van der Waals surface area contributed by atoms with Crippen molar-refractivity contribution >= 4 is 17.6 Å². The van der Waals surface area contributed by atoms with Crippen molar-refractivity contribution in [1.82, 2.24) is 20.8 Å². The number of nitrogens with one attached hydrogen (secondary N) is 2. The molecule has 0 atom stereocenters. The van der Waals surface area contributed by atoms with E-state index < -0.39 is 6.61 Å². The predicted octanol–water partition coefficient (Wildman–Crippen LogP) is 3.32. The molecule has 148 valence electrons. The Morgan fingerprint density at radius 3 is 2.85 bits per heavy atom. The molecule has 0 fully saturated rings. The number of halogens is 3. The van der Waals surface area contributed by atoms with Crippen LogP contribution in [0.15, 0.2) is 27.7 Å². The van der Waals surface area contributed by atoms with Gasteiger partial charge in [0.15, 0.2) is 11.8 Å². The minimum absolute atomic E-state index is 0.0563. The molecular weight excluding hydrogens is 380 g/mol. The minimum Gasteiger partial charge on any atom is -0.434 e. The molecule has 0 unspecified atom stereocenters. The molecule has 27 heavy (non-hydrogen) atoms. The summed E-state index contributed by atoms with van der Waals surface area (Å²) in [5.74, 6) is 1.81. The van der Waals surface area contributed by atoms with E-state index in [2.05, 4.69) is 30.5 Å². The summed E-state index contributed by atoms with van der Waals surface area (Å²) in [4.78, 5) is 8.54. The third kappa shape index (κ3) is 7.38. The topological polar surface area (TPSA) is 84.6 Å². The van der Waals surface area contributed by atoms with Crippen LogP contribution in [-0.2, 0) is 13.0 Å². The maximum Gasteiger partial charge on any atom is 0.387 e. The van der Waals surface area contributed by atoms with Gasteiger partial charge < -0.3 is 19.9 Å². The summed E-state index contributed by atoms with van der Waals surface area (Å²) in [6, 6.07) is 4.46. The first kappa shape index (κ1) is 20.9. The van der Waals surface area contributed by atoms with Crippen molar-refractivity contribution in [3.05, 3.63) is 40.5 Å². The number of alkyl halides is 2. The molecule has 0 spiro atoms. The van der Waals surface area contributed by atoms with Gasteiger partial charge in [0.25, 0.3) is 0 Å². The predicted molar refractivity (Wildman–Crippen MR) is 98.3 cm³/mol. The van der Waals surface area contributed by atoms with E-state index in [0.717, 1.165) is 6.42 Å². The molecule has 0 radical (unpaired) electrons. The summed E-state index contributed by atoms with van der Waals surface area (Å²) in [6.07, 6.45) is 1.41. The summed E-state index contributed by atoms with van der Waals surface area (Å²) in [7, 11) is 0. The smallest absolute Gasteiger partial charge is 0.387 e. The molecule has 0 aliphatic carbocycles. The van der Waals surface area contributed by atoms with Gasteiger partial charge in [-0.2, -0.15) is 13.8 Å². The van der Waals surface area contributed by atoms with Gasteiger partial charge in [-0.1, -0.05) is 16.8 Å². The lowest BCUT2D eigenvalue weighted by Gasteiger charge is -2.13. The molecule has 2 rings (SSSR count). The van der Waals surface area contributed by atoms with Crippen molar-refractivity contribution in [2.45, 2.75) is 39.8 Å². The van der Waals surface area contributed by atoms with Crippen LogP contribution >= 0.6 is 11.6 Å². The number of rotatable bonds is 9. The fraction of sp³-hybridized carbons (Fsp3) is 0.471. The number of aliphatic imine (C=N–C) groups is 1. The minimum atomic E-state index is -2.91. The van der Waals surface area contributed by atoms with Gasteiger partial charge in [0.05, 0.1) is 6.54 Å². The van der Waals surface area contributed by atoms with Gasteiger partial charge in [-0.25, -0.2) is 4.99 Å². The number of aromatic nitrogens is 2. The van der Waals surface area contributed by atoms with Crippen molar-refractivity contribution in [1.29, 1.82) is 0 Å². The molecule has 0 bridgehead atoms. The lowest BCUT2D eigenvalue weighted by atomic mass is 10.2. The summed E-state index contributed by atoms with van der Waals surface area (Å²) in [5, 5.41) is 10.4. The highest BCUT2D eigenvalue weighted by molar-refractivity contribution is 6.30. The van der Waals surface area contributed by atoms with E-state index in [0.29, 0.717) is 47.8 Å². The Kier molecular flexibility index (Phi) is 8.25. The number of benzene rings is 1. The third-order valence-corrected chi connectivity index (χ3v) is 3.65. The van der Waals surface area contributed by atoms with Gasteiger partial charge in [0.2, 0.25) is 5.89 Å². The van der Waals surface area contributed by atoms with E-state index in [9.17, 15) is 8.78 Å². The standard InChI is InChI=1S/C17H22ClF2N5O2/c1-3-21-17(22-8-4-5-15-24-11(2)25-27-15)23-10-12-9-13(18)6-7-14(12)26-16(19)20/h6-7,9,16H,3-5,8,10H2,1-2H3,(H2,21,22,23). The number of ether oxygens (including phenoxy) is 1. The number of hydrogen-bond acceptors (Lipinski definition) is 5. The summed E-state index contributed by atoms with van der Waals surface area (Å²) in [6.45, 7) is 2.22.